The van der Waals surface area contributed by atoms with Gasteiger partial charge in [-0.25, -0.2) is 0 Å². The Morgan fingerprint density at radius 1 is 1.24 bits per heavy atom. The largest absolute Gasteiger partial charge is 0.493 e. The maximum atomic E-state index is 13.1. The van der Waals surface area contributed by atoms with E-state index in [-0.39, 0.29) is 46.0 Å². The van der Waals surface area contributed by atoms with Crippen LogP contribution in [0.5, 0.6) is 11.5 Å². The van der Waals surface area contributed by atoms with E-state index >= 15 is 0 Å². The molecule has 0 aliphatic rings. The fourth-order valence-electron chi connectivity index (χ4n) is 2.94. The minimum absolute atomic E-state index is 0.0630. The van der Waals surface area contributed by atoms with E-state index in [2.05, 4.69) is 10.1 Å². The highest BCUT2D eigenvalue weighted by atomic mass is 32.1. The quantitative estimate of drug-likeness (QED) is 0.432. The summed E-state index contributed by atoms with van der Waals surface area (Å²) in [6, 6.07) is 6.12. The molecule has 0 radical (unpaired) electrons. The fraction of sp³-hybridized carbons (Fsp3) is 0.409. The third kappa shape index (κ3) is 7.11. The normalized spacial score (nSPS) is 12.4. The Kier molecular flexibility index (Phi) is 10.7. The number of amides is 1. The highest BCUT2D eigenvalue weighted by molar-refractivity contribution is 7.07. The smallest absolute Gasteiger partial charge is 0.387 e. The summed E-state index contributed by atoms with van der Waals surface area (Å²) in [6.45, 7) is -1.94. The lowest BCUT2D eigenvalue weighted by Crippen LogP contribution is -2.35. The summed E-state index contributed by atoms with van der Waals surface area (Å²) >= 11 is 0.978. The molecule has 0 aliphatic heterocycles. The van der Waals surface area contributed by atoms with Gasteiger partial charge in [0, 0.05) is 33.9 Å². The number of benzene rings is 1. The summed E-state index contributed by atoms with van der Waals surface area (Å²) in [5.74, 6) is -0.706. The Morgan fingerprint density at radius 3 is 2.59 bits per heavy atom. The van der Waals surface area contributed by atoms with Crippen LogP contribution >= 0.6 is 11.3 Å². The van der Waals surface area contributed by atoms with Crippen LogP contribution in [-0.2, 0) is 20.8 Å². The first kappa shape index (κ1) is 27.0. The zero-order chi connectivity index (χ0) is 25.1. The van der Waals surface area contributed by atoms with E-state index < -0.39 is 18.1 Å². The molecule has 0 bridgehead atoms. The highest BCUT2D eigenvalue weighted by Gasteiger charge is 2.16. The molecule has 12 heteroatoms. The van der Waals surface area contributed by atoms with Gasteiger partial charge in [-0.05, 0) is 30.2 Å². The predicted octanol–water partition coefficient (Wildman–Crippen LogP) is 0.822. The number of alkyl halides is 2. The van der Waals surface area contributed by atoms with Crippen molar-refractivity contribution in [3.63, 3.8) is 0 Å². The number of methoxy groups -OCH3 is 3. The molecule has 0 atom stereocenters. The van der Waals surface area contributed by atoms with Crippen LogP contribution in [0.2, 0.25) is 0 Å². The molecule has 1 N–H and O–H groups in total. The molecule has 1 aromatic heterocycles. The molecule has 0 unspecified atom stereocenters. The number of carbonyl (C=O) groups excluding carboxylic acids is 1. The average molecular weight is 498 g/mol. The summed E-state index contributed by atoms with van der Waals surface area (Å²) in [5, 5.41) is 12.2. The number of nitrogens with zero attached hydrogens (tertiary/aromatic N) is 2. The van der Waals surface area contributed by atoms with Gasteiger partial charge in [-0.3, -0.25) is 14.2 Å². The van der Waals surface area contributed by atoms with Crippen molar-refractivity contribution < 1.29 is 32.5 Å². The van der Waals surface area contributed by atoms with Gasteiger partial charge < -0.3 is 24.3 Å². The molecule has 0 fully saturated rings. The number of hydrogen-bond donors (Lipinski definition) is 1. The molecular weight excluding hydrogens is 472 g/mol. The summed E-state index contributed by atoms with van der Waals surface area (Å²) in [4.78, 5) is 25.7. The van der Waals surface area contributed by atoms with Crippen LogP contribution in [0, 0.1) is 11.3 Å². The maximum absolute atomic E-state index is 13.1. The summed E-state index contributed by atoms with van der Waals surface area (Å²) in [5.41, 5.74) is -0.121. The van der Waals surface area contributed by atoms with Gasteiger partial charge >= 0.3 is 6.61 Å². The van der Waals surface area contributed by atoms with Gasteiger partial charge in [0.1, 0.15) is 10.7 Å². The first-order valence-corrected chi connectivity index (χ1v) is 10.9. The lowest BCUT2D eigenvalue weighted by atomic mass is 10.2. The number of carbonyl (C=O) groups is 1. The van der Waals surface area contributed by atoms with Crippen LogP contribution in [0.3, 0.4) is 0 Å². The molecule has 0 saturated heterocycles. The van der Waals surface area contributed by atoms with Crippen molar-refractivity contribution in [2.45, 2.75) is 19.6 Å². The second-order valence-electron chi connectivity index (χ2n) is 6.74. The van der Waals surface area contributed by atoms with Crippen LogP contribution in [0.4, 0.5) is 8.78 Å². The predicted molar refractivity (Wildman–Crippen MR) is 121 cm³/mol. The van der Waals surface area contributed by atoms with Crippen molar-refractivity contribution in [3.05, 3.63) is 43.3 Å². The Balaban J connectivity index is 2.62. The molecule has 2 aromatic rings. The molecular formula is C22H25F2N3O6S. The van der Waals surface area contributed by atoms with Gasteiger partial charge in [-0.1, -0.05) is 6.07 Å². The Bertz CT molecular complexity index is 1200. The van der Waals surface area contributed by atoms with Crippen LogP contribution in [0.25, 0.3) is 11.6 Å². The van der Waals surface area contributed by atoms with E-state index in [0.29, 0.717) is 18.6 Å². The number of hydrogen-bond acceptors (Lipinski definition) is 8. The van der Waals surface area contributed by atoms with E-state index in [1.54, 1.807) is 0 Å². The molecule has 0 spiro atoms. The third-order valence-corrected chi connectivity index (χ3v) is 5.61. The molecule has 1 amide bonds. The SMILES string of the molecule is COCCCn1c(=O)c(=Cc2ccc(OC(F)F)c(OC)c2)s/c1=C(/C#N)C(=O)NCCOC. The topological polar surface area (TPSA) is 112 Å². The van der Waals surface area contributed by atoms with E-state index in [0.717, 1.165) is 11.3 Å². The van der Waals surface area contributed by atoms with Crippen molar-refractivity contribution in [3.8, 4) is 17.6 Å². The number of thiazole rings is 1. The molecule has 184 valence electrons. The number of rotatable bonds is 12. The van der Waals surface area contributed by atoms with E-state index in [4.69, 9.17) is 14.2 Å². The van der Waals surface area contributed by atoms with Crippen molar-refractivity contribution in [1.82, 2.24) is 9.88 Å². The minimum Gasteiger partial charge on any atom is -0.493 e. The molecule has 0 aliphatic carbocycles. The number of halogens is 2. The zero-order valence-electron chi connectivity index (χ0n) is 18.9. The monoisotopic (exact) mass is 497 g/mol. The van der Waals surface area contributed by atoms with Gasteiger partial charge in [0.15, 0.2) is 17.1 Å². The summed E-state index contributed by atoms with van der Waals surface area (Å²) < 4.78 is 46.4. The molecule has 1 aromatic carbocycles. The van der Waals surface area contributed by atoms with Gasteiger partial charge in [0.05, 0.1) is 18.2 Å². The number of nitrogens with one attached hydrogen (secondary N) is 1. The van der Waals surface area contributed by atoms with Crippen LogP contribution in [0.1, 0.15) is 12.0 Å². The van der Waals surface area contributed by atoms with Gasteiger partial charge in [0.25, 0.3) is 11.5 Å². The molecule has 1 heterocycles. The number of nitriles is 1. The Labute approximate surface area is 198 Å². The molecule has 0 saturated carbocycles. The second-order valence-corrected chi connectivity index (χ2v) is 7.77. The molecule has 2 rings (SSSR count). The van der Waals surface area contributed by atoms with Crippen LogP contribution < -0.4 is 29.5 Å². The van der Waals surface area contributed by atoms with Crippen molar-refractivity contribution in [1.29, 1.82) is 5.26 Å². The van der Waals surface area contributed by atoms with E-state index in [1.165, 1.54) is 50.2 Å². The maximum Gasteiger partial charge on any atom is 0.387 e. The summed E-state index contributed by atoms with van der Waals surface area (Å²) in [6.07, 6.45) is 2.01. The number of aromatic nitrogens is 1. The van der Waals surface area contributed by atoms with E-state index in [1.807, 2.05) is 6.07 Å². The van der Waals surface area contributed by atoms with Crippen LogP contribution in [0.15, 0.2) is 23.0 Å². The lowest BCUT2D eigenvalue weighted by molar-refractivity contribution is -0.115. The Hall–Kier alpha value is -3.27. The van der Waals surface area contributed by atoms with Crippen molar-refractivity contribution in [2.75, 3.05) is 41.1 Å². The average Bonchev–Trinajstić information content (AvgIpc) is 3.10. The van der Waals surface area contributed by atoms with Gasteiger partial charge in [0.2, 0.25) is 0 Å². The highest BCUT2D eigenvalue weighted by Crippen LogP contribution is 2.29. The fourth-order valence-corrected chi connectivity index (χ4v) is 4.07. The third-order valence-electron chi connectivity index (χ3n) is 4.48. The van der Waals surface area contributed by atoms with Gasteiger partial charge in [-0.2, -0.15) is 14.0 Å². The van der Waals surface area contributed by atoms with Gasteiger partial charge in [-0.15, -0.1) is 11.3 Å². The summed E-state index contributed by atoms with van der Waals surface area (Å²) in [7, 11) is 4.32. The second kappa shape index (κ2) is 13.4. The lowest BCUT2D eigenvalue weighted by Gasteiger charge is -2.09. The number of ether oxygens (including phenoxy) is 4. The molecule has 9 nitrogen and oxygen atoms in total. The van der Waals surface area contributed by atoms with Crippen molar-refractivity contribution in [2.24, 2.45) is 0 Å². The standard InChI is InChI=1S/C22H25F2N3O6S/c1-30-9-4-8-27-20(29)18(34-21(27)15(13-25)19(28)26-7-10-31-2)12-14-5-6-16(33-22(23)24)17(11-14)32-3/h5-6,11-12,22H,4,7-10H2,1-3H3,(H,26,28)/b18-12?,21-15-. The first-order chi connectivity index (χ1) is 16.4. The van der Waals surface area contributed by atoms with Crippen molar-refractivity contribution >= 4 is 28.9 Å². The van der Waals surface area contributed by atoms with E-state index in [9.17, 15) is 23.6 Å². The first-order valence-electron chi connectivity index (χ1n) is 10.1. The van der Waals surface area contributed by atoms with Crippen LogP contribution in [-0.4, -0.2) is 58.2 Å². The minimum atomic E-state index is -3.02. The Morgan fingerprint density at radius 2 is 1.97 bits per heavy atom. The molecule has 34 heavy (non-hydrogen) atoms. The zero-order valence-corrected chi connectivity index (χ0v) is 19.7.